The number of anilines is 1. The molecule has 0 unspecified atom stereocenters. The number of hydrogen-bond donors (Lipinski definition) is 2. The number of carbonyl (C=O) groups is 2. The second-order valence-corrected chi connectivity index (χ2v) is 5.55. The van der Waals surface area contributed by atoms with E-state index in [1.165, 1.54) is 0 Å². The lowest BCUT2D eigenvalue weighted by Gasteiger charge is -2.20. The molecule has 3 N–H and O–H groups in total. The fourth-order valence-corrected chi connectivity index (χ4v) is 2.26. The molecule has 1 aromatic rings. The molecule has 21 heavy (non-hydrogen) atoms. The molecule has 0 spiro atoms. The molecule has 1 rings (SSSR count). The van der Waals surface area contributed by atoms with E-state index in [1.807, 2.05) is 6.92 Å². The highest BCUT2D eigenvalue weighted by Gasteiger charge is 2.13. The van der Waals surface area contributed by atoms with Gasteiger partial charge in [0.15, 0.2) is 0 Å². The highest BCUT2D eigenvalue weighted by molar-refractivity contribution is 6.36. The summed E-state index contributed by atoms with van der Waals surface area (Å²) >= 11 is 11.8. The summed E-state index contributed by atoms with van der Waals surface area (Å²) in [7, 11) is 0. The van der Waals surface area contributed by atoms with Crippen LogP contribution >= 0.6 is 23.2 Å². The number of nitrogens with two attached hydrogens (primary N) is 1. The fraction of sp³-hybridized carbons (Fsp3) is 0.429. The van der Waals surface area contributed by atoms with Gasteiger partial charge in [-0.2, -0.15) is 0 Å². The highest BCUT2D eigenvalue weighted by atomic mass is 35.5. The van der Waals surface area contributed by atoms with E-state index in [-0.39, 0.29) is 19.0 Å². The molecule has 116 valence electrons. The molecule has 0 atom stereocenters. The summed E-state index contributed by atoms with van der Waals surface area (Å²) in [5.74, 6) is -0.708. The molecule has 0 fully saturated rings. The first-order valence-corrected chi connectivity index (χ1v) is 7.43. The van der Waals surface area contributed by atoms with Crippen LogP contribution in [0.25, 0.3) is 0 Å². The second kappa shape index (κ2) is 8.87. The van der Waals surface area contributed by atoms with E-state index < -0.39 is 5.91 Å². The number of nitrogens with one attached hydrogen (secondary N) is 1. The van der Waals surface area contributed by atoms with Gasteiger partial charge in [0.25, 0.3) is 0 Å². The SMILES string of the molecule is CCCCN(CC(N)=O)CC(=O)Nc1ccc(Cl)cc1Cl. The monoisotopic (exact) mass is 331 g/mol. The van der Waals surface area contributed by atoms with Gasteiger partial charge in [-0.15, -0.1) is 0 Å². The first-order valence-electron chi connectivity index (χ1n) is 6.68. The van der Waals surface area contributed by atoms with Gasteiger partial charge in [0, 0.05) is 5.02 Å². The Morgan fingerprint density at radius 2 is 2.00 bits per heavy atom. The maximum atomic E-state index is 12.0. The second-order valence-electron chi connectivity index (χ2n) is 4.70. The number of hydrogen-bond acceptors (Lipinski definition) is 3. The summed E-state index contributed by atoms with van der Waals surface area (Å²) in [6.45, 7) is 2.82. The lowest BCUT2D eigenvalue weighted by Crippen LogP contribution is -2.39. The average Bonchev–Trinajstić information content (AvgIpc) is 2.38. The largest absolute Gasteiger partial charge is 0.369 e. The number of nitrogens with zero attached hydrogens (tertiary/aromatic N) is 1. The normalized spacial score (nSPS) is 10.7. The van der Waals surface area contributed by atoms with Gasteiger partial charge in [-0.05, 0) is 31.2 Å². The van der Waals surface area contributed by atoms with Crippen LogP contribution in [0.2, 0.25) is 10.0 Å². The summed E-state index contributed by atoms with van der Waals surface area (Å²) in [6.07, 6.45) is 1.86. The molecular weight excluding hydrogens is 313 g/mol. The van der Waals surface area contributed by atoms with Gasteiger partial charge >= 0.3 is 0 Å². The third kappa shape index (κ3) is 6.80. The molecule has 0 radical (unpaired) electrons. The van der Waals surface area contributed by atoms with Crippen LogP contribution in [0.5, 0.6) is 0 Å². The molecule has 1 aromatic carbocycles. The molecule has 0 heterocycles. The summed E-state index contributed by atoms with van der Waals surface area (Å²) in [5, 5.41) is 3.56. The Morgan fingerprint density at radius 1 is 1.29 bits per heavy atom. The van der Waals surface area contributed by atoms with E-state index in [4.69, 9.17) is 28.9 Å². The Labute approximate surface area is 134 Å². The fourth-order valence-electron chi connectivity index (χ4n) is 1.80. The number of amides is 2. The van der Waals surface area contributed by atoms with Crippen molar-refractivity contribution < 1.29 is 9.59 Å². The molecule has 0 aliphatic carbocycles. The zero-order valence-corrected chi connectivity index (χ0v) is 13.4. The Morgan fingerprint density at radius 3 is 2.57 bits per heavy atom. The minimum absolute atomic E-state index is 0.0573. The van der Waals surface area contributed by atoms with Gasteiger partial charge in [-0.3, -0.25) is 14.5 Å². The molecule has 2 amide bonds. The van der Waals surface area contributed by atoms with Gasteiger partial charge in [0.2, 0.25) is 11.8 Å². The van der Waals surface area contributed by atoms with E-state index in [0.717, 1.165) is 12.8 Å². The summed E-state index contributed by atoms with van der Waals surface area (Å²) in [6, 6.07) is 4.82. The van der Waals surface area contributed by atoms with E-state index in [9.17, 15) is 9.59 Å². The Bertz CT molecular complexity index is 509. The van der Waals surface area contributed by atoms with Crippen LogP contribution in [0.15, 0.2) is 18.2 Å². The van der Waals surface area contributed by atoms with Crippen molar-refractivity contribution in [2.45, 2.75) is 19.8 Å². The van der Waals surface area contributed by atoms with Gasteiger partial charge in [0.05, 0.1) is 23.8 Å². The minimum Gasteiger partial charge on any atom is -0.369 e. The predicted octanol–water partition coefficient (Wildman–Crippen LogP) is 2.52. The standard InChI is InChI=1S/C14H19Cl2N3O2/c1-2-3-6-19(8-13(17)20)9-14(21)18-12-5-4-10(15)7-11(12)16/h4-5,7H,2-3,6,8-9H2,1H3,(H2,17,20)(H,18,21). The number of primary amides is 1. The van der Waals surface area contributed by atoms with Gasteiger partial charge < -0.3 is 11.1 Å². The molecule has 0 saturated heterocycles. The van der Waals surface area contributed by atoms with Crippen LogP contribution in [0.4, 0.5) is 5.69 Å². The van der Waals surface area contributed by atoms with Crippen molar-refractivity contribution in [2.24, 2.45) is 5.73 Å². The first-order chi connectivity index (χ1) is 9.92. The number of rotatable bonds is 8. The number of halogens is 2. The van der Waals surface area contributed by atoms with Crippen molar-refractivity contribution in [3.8, 4) is 0 Å². The first kappa shape index (κ1) is 17.8. The van der Waals surface area contributed by atoms with Crippen molar-refractivity contribution in [3.05, 3.63) is 28.2 Å². The topological polar surface area (TPSA) is 75.4 Å². The molecule has 5 nitrogen and oxygen atoms in total. The number of unbranched alkanes of at least 4 members (excludes halogenated alkanes) is 1. The molecule has 7 heteroatoms. The zero-order chi connectivity index (χ0) is 15.8. The molecule has 0 bridgehead atoms. The van der Waals surface area contributed by atoms with Crippen molar-refractivity contribution in [2.75, 3.05) is 25.0 Å². The summed E-state index contributed by atoms with van der Waals surface area (Å²) in [5.41, 5.74) is 5.67. The molecular formula is C14H19Cl2N3O2. The summed E-state index contributed by atoms with van der Waals surface area (Å²) < 4.78 is 0. The highest BCUT2D eigenvalue weighted by Crippen LogP contribution is 2.25. The van der Waals surface area contributed by atoms with E-state index in [0.29, 0.717) is 22.3 Å². The predicted molar refractivity (Wildman–Crippen MR) is 85.6 cm³/mol. The molecule has 0 aliphatic rings. The summed E-state index contributed by atoms with van der Waals surface area (Å²) in [4.78, 5) is 24.7. The molecule has 0 aromatic heterocycles. The number of benzene rings is 1. The van der Waals surface area contributed by atoms with Crippen LogP contribution in [-0.2, 0) is 9.59 Å². The Kier molecular flexibility index (Phi) is 7.50. The molecule has 0 saturated carbocycles. The third-order valence-electron chi connectivity index (χ3n) is 2.78. The maximum Gasteiger partial charge on any atom is 0.238 e. The number of carbonyl (C=O) groups excluding carboxylic acids is 2. The maximum absolute atomic E-state index is 12.0. The van der Waals surface area contributed by atoms with Crippen molar-refractivity contribution in [3.63, 3.8) is 0 Å². The van der Waals surface area contributed by atoms with E-state index in [1.54, 1.807) is 23.1 Å². The third-order valence-corrected chi connectivity index (χ3v) is 3.33. The lowest BCUT2D eigenvalue weighted by atomic mass is 10.3. The lowest BCUT2D eigenvalue weighted by molar-refractivity contribution is -0.121. The van der Waals surface area contributed by atoms with Crippen LogP contribution in [0, 0.1) is 0 Å². The Balaban J connectivity index is 2.61. The molecule has 0 aliphatic heterocycles. The minimum atomic E-state index is -0.455. The van der Waals surface area contributed by atoms with Gasteiger partial charge in [-0.25, -0.2) is 0 Å². The van der Waals surface area contributed by atoms with Crippen LogP contribution in [0.3, 0.4) is 0 Å². The van der Waals surface area contributed by atoms with Crippen LogP contribution in [0.1, 0.15) is 19.8 Å². The van der Waals surface area contributed by atoms with Crippen molar-refractivity contribution in [1.29, 1.82) is 0 Å². The van der Waals surface area contributed by atoms with Gasteiger partial charge in [-0.1, -0.05) is 36.5 Å². The smallest absolute Gasteiger partial charge is 0.238 e. The quantitative estimate of drug-likeness (QED) is 0.768. The van der Waals surface area contributed by atoms with E-state index in [2.05, 4.69) is 5.32 Å². The van der Waals surface area contributed by atoms with Crippen molar-refractivity contribution >= 4 is 40.7 Å². The zero-order valence-electron chi connectivity index (χ0n) is 11.9. The van der Waals surface area contributed by atoms with Gasteiger partial charge in [0.1, 0.15) is 0 Å². The van der Waals surface area contributed by atoms with Crippen LogP contribution in [-0.4, -0.2) is 36.3 Å². The van der Waals surface area contributed by atoms with Crippen LogP contribution < -0.4 is 11.1 Å². The van der Waals surface area contributed by atoms with Crippen molar-refractivity contribution in [1.82, 2.24) is 4.90 Å². The van der Waals surface area contributed by atoms with E-state index >= 15 is 0 Å². The average molecular weight is 332 g/mol. The Hall–Kier alpha value is -1.30.